The Kier molecular flexibility index (Phi) is 8.02. The average molecular weight is 383 g/mol. The number of nitrogens with zero attached hydrogens (tertiary/aromatic N) is 1. The van der Waals surface area contributed by atoms with E-state index in [0.717, 1.165) is 56.3 Å². The van der Waals surface area contributed by atoms with Crippen LogP contribution in [0.5, 0.6) is 0 Å². The second-order valence-corrected chi connectivity index (χ2v) is 6.53. The molecule has 0 aromatic carbocycles. The van der Waals surface area contributed by atoms with Gasteiger partial charge in [0.05, 0.1) is 50.4 Å². The Morgan fingerprint density at radius 3 is 2.85 bits per heavy atom. The second kappa shape index (κ2) is 10.2. The van der Waals surface area contributed by atoms with Crippen molar-refractivity contribution in [3.8, 4) is 0 Å². The topological polar surface area (TPSA) is 92.2 Å². The SMILES string of the molecule is CCOC(=O)c1c(C)[nH]c(/C=N/NC(=S)NCC[NH+]2CCOCC2)c1C. The number of aromatic amines is 1. The van der Waals surface area contributed by atoms with Crippen molar-refractivity contribution in [2.45, 2.75) is 20.8 Å². The van der Waals surface area contributed by atoms with Crippen molar-refractivity contribution in [2.24, 2.45) is 5.10 Å². The standard InChI is InChI=1S/C17H27N5O3S/c1-4-25-16(23)15-12(2)14(20-13(15)3)11-19-21-17(26)18-5-6-22-7-9-24-10-8-22/h11,20H,4-10H2,1-3H3,(H2,18,21,26)/p+1/b19-11+. The van der Waals surface area contributed by atoms with Gasteiger partial charge in [-0.3, -0.25) is 5.43 Å². The van der Waals surface area contributed by atoms with Crippen molar-refractivity contribution in [3.05, 3.63) is 22.5 Å². The summed E-state index contributed by atoms with van der Waals surface area (Å²) in [5.74, 6) is -0.325. The van der Waals surface area contributed by atoms with E-state index in [2.05, 4.69) is 20.8 Å². The molecular formula is C17H28N5O3S+. The van der Waals surface area contributed by atoms with Crippen molar-refractivity contribution in [2.75, 3.05) is 46.0 Å². The third kappa shape index (κ3) is 5.79. The Morgan fingerprint density at radius 2 is 2.15 bits per heavy atom. The first-order chi connectivity index (χ1) is 12.5. The highest BCUT2D eigenvalue weighted by molar-refractivity contribution is 7.80. The maximum atomic E-state index is 12.0. The van der Waals surface area contributed by atoms with E-state index in [1.165, 1.54) is 4.90 Å². The lowest BCUT2D eigenvalue weighted by Gasteiger charge is -2.23. The minimum absolute atomic E-state index is 0.325. The van der Waals surface area contributed by atoms with Gasteiger partial charge in [-0.2, -0.15) is 5.10 Å². The number of quaternary nitrogens is 1. The molecule has 2 rings (SSSR count). The van der Waals surface area contributed by atoms with Crippen LogP contribution in [0.3, 0.4) is 0 Å². The van der Waals surface area contributed by atoms with Gasteiger partial charge in [-0.15, -0.1) is 0 Å². The van der Waals surface area contributed by atoms with Crippen molar-refractivity contribution in [1.29, 1.82) is 0 Å². The molecular weight excluding hydrogens is 354 g/mol. The van der Waals surface area contributed by atoms with Gasteiger partial charge in [0.15, 0.2) is 5.11 Å². The number of hydrogen-bond donors (Lipinski definition) is 4. The predicted octanol–water partition coefficient (Wildman–Crippen LogP) is -0.479. The Labute approximate surface area is 159 Å². The molecule has 1 fully saturated rings. The molecule has 0 aliphatic carbocycles. The largest absolute Gasteiger partial charge is 0.462 e. The number of morpholine rings is 1. The van der Waals surface area contributed by atoms with Gasteiger partial charge in [0, 0.05) is 5.69 Å². The monoisotopic (exact) mass is 382 g/mol. The summed E-state index contributed by atoms with van der Waals surface area (Å²) in [7, 11) is 0. The lowest BCUT2D eigenvalue weighted by Crippen LogP contribution is -3.14. The maximum Gasteiger partial charge on any atom is 0.340 e. The van der Waals surface area contributed by atoms with Crippen LogP contribution in [-0.4, -0.2) is 68.3 Å². The number of rotatable bonds is 7. The van der Waals surface area contributed by atoms with Gasteiger partial charge in [0.2, 0.25) is 0 Å². The van der Waals surface area contributed by atoms with Crippen LogP contribution < -0.4 is 15.6 Å². The van der Waals surface area contributed by atoms with Crippen LogP contribution in [0.15, 0.2) is 5.10 Å². The zero-order valence-electron chi connectivity index (χ0n) is 15.6. The van der Waals surface area contributed by atoms with E-state index in [1.807, 2.05) is 13.8 Å². The molecule has 26 heavy (non-hydrogen) atoms. The summed E-state index contributed by atoms with van der Waals surface area (Å²) in [4.78, 5) is 16.6. The summed E-state index contributed by atoms with van der Waals surface area (Å²) in [6.07, 6.45) is 1.62. The number of carbonyl (C=O) groups is 1. The molecule has 0 bridgehead atoms. The van der Waals surface area contributed by atoms with Crippen LogP contribution in [0.25, 0.3) is 0 Å². The van der Waals surface area contributed by atoms with Crippen molar-refractivity contribution >= 4 is 29.5 Å². The van der Waals surface area contributed by atoms with Gasteiger partial charge in [-0.25, -0.2) is 4.79 Å². The Morgan fingerprint density at radius 1 is 1.42 bits per heavy atom. The van der Waals surface area contributed by atoms with Crippen LogP contribution in [0.1, 0.15) is 34.2 Å². The van der Waals surface area contributed by atoms with Crippen LogP contribution >= 0.6 is 12.2 Å². The predicted molar refractivity (Wildman–Crippen MR) is 104 cm³/mol. The third-order valence-corrected chi connectivity index (χ3v) is 4.52. The molecule has 0 saturated carbocycles. The number of carbonyl (C=O) groups excluding carboxylic acids is 1. The average Bonchev–Trinajstić information content (AvgIpc) is 2.90. The molecule has 0 unspecified atom stereocenters. The fourth-order valence-electron chi connectivity index (χ4n) is 2.87. The molecule has 8 nitrogen and oxygen atoms in total. The minimum atomic E-state index is -0.325. The first-order valence-corrected chi connectivity index (χ1v) is 9.28. The number of H-pyrrole nitrogens is 1. The van der Waals surface area contributed by atoms with Crippen LogP contribution in [0, 0.1) is 13.8 Å². The maximum absolute atomic E-state index is 12.0. The summed E-state index contributed by atoms with van der Waals surface area (Å²) >= 11 is 5.22. The van der Waals surface area contributed by atoms with E-state index in [4.69, 9.17) is 21.7 Å². The van der Waals surface area contributed by atoms with Crippen LogP contribution in [0.4, 0.5) is 0 Å². The summed E-state index contributed by atoms with van der Waals surface area (Å²) in [5.41, 5.74) is 5.67. The van der Waals surface area contributed by atoms with Gasteiger partial charge in [0.1, 0.15) is 13.1 Å². The smallest absolute Gasteiger partial charge is 0.340 e. The molecule has 0 atom stereocenters. The number of aromatic nitrogens is 1. The number of nitrogens with one attached hydrogen (secondary N) is 4. The molecule has 2 heterocycles. The number of ether oxygens (including phenoxy) is 2. The molecule has 1 aromatic heterocycles. The number of thiocarbonyl (C=S) groups is 1. The zero-order chi connectivity index (χ0) is 18.9. The van der Waals surface area contributed by atoms with Gasteiger partial charge in [-0.05, 0) is 38.6 Å². The first kappa shape index (κ1) is 20.3. The highest BCUT2D eigenvalue weighted by atomic mass is 32.1. The Hall–Kier alpha value is -1.97. The molecule has 1 aliphatic heterocycles. The van der Waals surface area contributed by atoms with E-state index in [-0.39, 0.29) is 5.97 Å². The number of hydrogen-bond acceptors (Lipinski definition) is 5. The van der Waals surface area contributed by atoms with E-state index < -0.39 is 0 Å². The van der Waals surface area contributed by atoms with Crippen molar-refractivity contribution in [3.63, 3.8) is 0 Å². The van der Waals surface area contributed by atoms with E-state index in [9.17, 15) is 4.79 Å². The second-order valence-electron chi connectivity index (χ2n) is 6.12. The van der Waals surface area contributed by atoms with Crippen molar-refractivity contribution < 1.29 is 19.2 Å². The van der Waals surface area contributed by atoms with Crippen LogP contribution in [-0.2, 0) is 9.47 Å². The molecule has 144 valence electrons. The molecule has 0 spiro atoms. The van der Waals surface area contributed by atoms with E-state index in [1.54, 1.807) is 13.1 Å². The number of hydrazone groups is 1. The van der Waals surface area contributed by atoms with E-state index in [0.29, 0.717) is 17.3 Å². The first-order valence-electron chi connectivity index (χ1n) is 8.87. The minimum Gasteiger partial charge on any atom is -0.462 e. The lowest BCUT2D eigenvalue weighted by atomic mass is 10.1. The Balaban J connectivity index is 1.79. The summed E-state index contributed by atoms with van der Waals surface area (Å²) in [6, 6.07) is 0. The number of aryl methyl sites for hydroxylation is 1. The molecule has 4 N–H and O–H groups in total. The normalized spacial score (nSPS) is 15.2. The molecule has 0 amide bonds. The summed E-state index contributed by atoms with van der Waals surface area (Å²) in [5, 5.41) is 7.75. The summed E-state index contributed by atoms with van der Waals surface area (Å²) < 4.78 is 10.4. The third-order valence-electron chi connectivity index (χ3n) is 4.28. The molecule has 0 radical (unpaired) electrons. The number of esters is 1. The lowest BCUT2D eigenvalue weighted by molar-refractivity contribution is -0.906. The van der Waals surface area contributed by atoms with Gasteiger partial charge < -0.3 is 24.7 Å². The molecule has 9 heteroatoms. The fraction of sp³-hybridized carbons (Fsp3) is 0.588. The molecule has 1 saturated heterocycles. The highest BCUT2D eigenvalue weighted by Crippen LogP contribution is 2.17. The molecule has 1 aliphatic rings. The molecule has 1 aromatic rings. The fourth-order valence-corrected chi connectivity index (χ4v) is 3.03. The van der Waals surface area contributed by atoms with E-state index >= 15 is 0 Å². The zero-order valence-corrected chi connectivity index (χ0v) is 16.4. The van der Waals surface area contributed by atoms with Crippen LogP contribution in [0.2, 0.25) is 0 Å². The van der Waals surface area contributed by atoms with Gasteiger partial charge in [0.25, 0.3) is 0 Å². The quantitative estimate of drug-likeness (QED) is 0.220. The van der Waals surface area contributed by atoms with Gasteiger partial charge in [-0.1, -0.05) is 0 Å². The van der Waals surface area contributed by atoms with Crippen molar-refractivity contribution in [1.82, 2.24) is 15.7 Å². The Bertz CT molecular complexity index is 653. The highest BCUT2D eigenvalue weighted by Gasteiger charge is 2.18. The van der Waals surface area contributed by atoms with Gasteiger partial charge >= 0.3 is 5.97 Å². The summed E-state index contributed by atoms with van der Waals surface area (Å²) in [6.45, 7) is 11.3.